The van der Waals surface area contributed by atoms with Crippen molar-refractivity contribution in [3.05, 3.63) is 41.1 Å². The lowest BCUT2D eigenvalue weighted by Gasteiger charge is -2.48. The molecular weight excluding hydrogens is 313 g/mol. The molecule has 1 unspecified atom stereocenters. The Morgan fingerprint density at radius 1 is 0.958 bits per heavy atom. The minimum Gasteiger partial charge on any atom is -0.378 e. The van der Waals surface area contributed by atoms with Gasteiger partial charge in [-0.25, -0.2) is 0 Å². The summed E-state index contributed by atoms with van der Waals surface area (Å²) in [5, 5.41) is 0.613. The van der Waals surface area contributed by atoms with Gasteiger partial charge in [0.25, 0.3) is 0 Å². The maximum Gasteiger partial charge on any atom is 0.0642 e. The molecule has 1 aliphatic heterocycles. The number of rotatable bonds is 2. The Hall–Kier alpha value is -0.850. The van der Waals surface area contributed by atoms with Gasteiger partial charge in [0.15, 0.2) is 0 Å². The van der Waals surface area contributed by atoms with Gasteiger partial charge in [0.2, 0.25) is 0 Å². The van der Waals surface area contributed by atoms with E-state index in [1.807, 2.05) is 0 Å². The first-order valence-corrected chi connectivity index (χ1v) is 10.5. The van der Waals surface area contributed by atoms with Crippen molar-refractivity contribution in [2.45, 2.75) is 57.5 Å². The minimum absolute atomic E-state index is 0.245. The van der Waals surface area contributed by atoms with Crippen LogP contribution in [0.5, 0.6) is 0 Å². The van der Waals surface area contributed by atoms with Crippen LogP contribution in [0.4, 0.5) is 0 Å². The van der Waals surface area contributed by atoms with Gasteiger partial charge in [-0.05, 0) is 27.5 Å². The summed E-state index contributed by atoms with van der Waals surface area (Å²) < 4.78 is 5.60. The minimum atomic E-state index is -0.245. The first-order chi connectivity index (χ1) is 11.2. The fourth-order valence-corrected chi connectivity index (χ4v) is 9.00. The van der Waals surface area contributed by atoms with Crippen LogP contribution < -0.4 is 0 Å². The third-order valence-corrected chi connectivity index (χ3v) is 8.90. The molecular formula is C21H32NOP. The number of ether oxygens (including phenoxy) is 1. The molecule has 1 heterocycles. The maximum absolute atomic E-state index is 5.60. The summed E-state index contributed by atoms with van der Waals surface area (Å²) in [5.41, 5.74) is 5.03. The van der Waals surface area contributed by atoms with Crippen LogP contribution in [-0.2, 0) is 4.74 Å². The third kappa shape index (κ3) is 3.41. The van der Waals surface area contributed by atoms with Gasteiger partial charge in [0, 0.05) is 24.4 Å². The van der Waals surface area contributed by atoms with Gasteiger partial charge in [0.1, 0.15) is 0 Å². The molecule has 0 bridgehead atoms. The normalized spacial score (nSPS) is 21.9. The first kappa shape index (κ1) is 18.0. The van der Waals surface area contributed by atoms with Gasteiger partial charge in [-0.3, -0.25) is 0 Å². The summed E-state index contributed by atoms with van der Waals surface area (Å²) in [6, 6.07) is 9.03. The fraction of sp³-hybridized carbons (Fsp3) is 0.619. The van der Waals surface area contributed by atoms with Crippen molar-refractivity contribution in [2.24, 2.45) is 0 Å². The highest BCUT2D eigenvalue weighted by atomic mass is 31.1. The molecule has 3 rings (SSSR count). The summed E-state index contributed by atoms with van der Waals surface area (Å²) in [4.78, 5) is 2.58. The molecule has 2 aliphatic rings. The van der Waals surface area contributed by atoms with E-state index in [2.05, 4.69) is 76.8 Å². The predicted octanol–water partition coefficient (Wildman–Crippen LogP) is 5.49. The molecule has 132 valence electrons. The Morgan fingerprint density at radius 3 is 2.12 bits per heavy atom. The molecule has 3 heteroatoms. The van der Waals surface area contributed by atoms with E-state index in [-0.39, 0.29) is 7.92 Å². The van der Waals surface area contributed by atoms with Gasteiger partial charge < -0.3 is 9.64 Å². The second-order valence-corrected chi connectivity index (χ2v) is 12.9. The van der Waals surface area contributed by atoms with Gasteiger partial charge >= 0.3 is 0 Å². The van der Waals surface area contributed by atoms with E-state index in [4.69, 9.17) is 4.74 Å². The second kappa shape index (κ2) is 6.46. The average molecular weight is 345 g/mol. The smallest absolute Gasteiger partial charge is 0.0642 e. The summed E-state index contributed by atoms with van der Waals surface area (Å²) in [7, 11) is -0.245. The van der Waals surface area contributed by atoms with E-state index in [9.17, 15) is 0 Å². The Morgan fingerprint density at radius 2 is 1.54 bits per heavy atom. The zero-order chi connectivity index (χ0) is 17.5. The van der Waals surface area contributed by atoms with E-state index >= 15 is 0 Å². The quantitative estimate of drug-likeness (QED) is 0.657. The van der Waals surface area contributed by atoms with Crippen molar-refractivity contribution in [1.29, 1.82) is 0 Å². The molecule has 1 aromatic rings. The summed E-state index contributed by atoms with van der Waals surface area (Å²) in [5.74, 6) is 0. The van der Waals surface area contributed by atoms with Crippen LogP contribution in [0.1, 0.15) is 58.3 Å². The number of fused-ring (bicyclic) bond motifs is 1. The van der Waals surface area contributed by atoms with Crippen LogP contribution in [0.3, 0.4) is 0 Å². The molecule has 0 spiro atoms. The highest BCUT2D eigenvalue weighted by molar-refractivity contribution is 7.61. The molecule has 1 aliphatic carbocycles. The number of benzene rings is 1. The van der Waals surface area contributed by atoms with E-state index in [1.54, 1.807) is 0 Å². The Labute approximate surface area is 149 Å². The van der Waals surface area contributed by atoms with Crippen LogP contribution in [-0.4, -0.2) is 41.5 Å². The number of hydrogen-bond donors (Lipinski definition) is 0. The largest absolute Gasteiger partial charge is 0.378 e. The maximum atomic E-state index is 5.60. The lowest BCUT2D eigenvalue weighted by molar-refractivity contribution is 0.0531. The molecule has 0 saturated carbocycles. The molecule has 0 amide bonds. The van der Waals surface area contributed by atoms with Crippen LogP contribution in [0.25, 0.3) is 6.08 Å². The molecule has 1 fully saturated rings. The SMILES string of the molecule is CC(C)(C)P(C1C(N2CCOCC2)=Cc2ccccc21)C(C)(C)C. The second-order valence-electron chi connectivity index (χ2n) is 8.91. The first-order valence-electron chi connectivity index (χ1n) is 9.12. The molecule has 1 aromatic carbocycles. The van der Waals surface area contributed by atoms with E-state index in [0.717, 1.165) is 26.3 Å². The van der Waals surface area contributed by atoms with Crippen LogP contribution in [0.2, 0.25) is 0 Å². The molecule has 0 N–H and O–H groups in total. The standard InChI is InChI=1S/C21H32NOP/c1-20(2,3)24(21(4,5)6)19-17-10-8-7-9-16(17)15-18(19)22-11-13-23-14-12-22/h7-10,15,19H,11-14H2,1-6H3. The fourth-order valence-electron chi connectivity index (χ4n) is 4.43. The lowest BCUT2D eigenvalue weighted by atomic mass is 10.1. The highest BCUT2D eigenvalue weighted by Gasteiger charge is 2.45. The van der Waals surface area contributed by atoms with Gasteiger partial charge in [0.05, 0.1) is 13.2 Å². The topological polar surface area (TPSA) is 12.5 Å². The molecule has 1 saturated heterocycles. The van der Waals surface area contributed by atoms with Crippen molar-refractivity contribution in [3.63, 3.8) is 0 Å². The van der Waals surface area contributed by atoms with Gasteiger partial charge in [-0.15, -0.1) is 0 Å². The number of nitrogens with zero attached hydrogens (tertiary/aromatic N) is 1. The Bertz CT molecular complexity index is 603. The number of allylic oxidation sites excluding steroid dienone is 1. The zero-order valence-corrected chi connectivity index (χ0v) is 17.0. The molecule has 0 radical (unpaired) electrons. The predicted molar refractivity (Wildman–Crippen MR) is 106 cm³/mol. The average Bonchev–Trinajstić information content (AvgIpc) is 2.85. The van der Waals surface area contributed by atoms with Crippen LogP contribution >= 0.6 is 7.92 Å². The van der Waals surface area contributed by atoms with Crippen molar-refractivity contribution < 1.29 is 4.74 Å². The highest BCUT2D eigenvalue weighted by Crippen LogP contribution is 2.72. The Balaban J connectivity index is 2.08. The van der Waals surface area contributed by atoms with Crippen molar-refractivity contribution >= 4 is 14.0 Å². The van der Waals surface area contributed by atoms with Crippen LogP contribution in [0, 0.1) is 0 Å². The van der Waals surface area contributed by atoms with E-state index < -0.39 is 0 Å². The monoisotopic (exact) mass is 345 g/mol. The van der Waals surface area contributed by atoms with Crippen molar-refractivity contribution in [1.82, 2.24) is 4.90 Å². The molecule has 1 atom stereocenters. The third-order valence-electron chi connectivity index (χ3n) is 4.95. The van der Waals surface area contributed by atoms with Gasteiger partial charge in [-0.2, -0.15) is 0 Å². The van der Waals surface area contributed by atoms with Gasteiger partial charge in [-0.1, -0.05) is 73.7 Å². The van der Waals surface area contributed by atoms with E-state index in [1.165, 1.54) is 16.8 Å². The summed E-state index contributed by atoms with van der Waals surface area (Å²) in [6.07, 6.45) is 2.46. The molecule has 0 aromatic heterocycles. The lowest BCUT2D eigenvalue weighted by Crippen LogP contribution is -2.38. The Kier molecular flexibility index (Phi) is 4.84. The molecule has 2 nitrogen and oxygen atoms in total. The van der Waals surface area contributed by atoms with Crippen molar-refractivity contribution in [3.8, 4) is 0 Å². The number of morpholine rings is 1. The summed E-state index contributed by atoms with van der Waals surface area (Å²) >= 11 is 0. The van der Waals surface area contributed by atoms with Crippen LogP contribution in [0.15, 0.2) is 30.0 Å². The van der Waals surface area contributed by atoms with E-state index in [0.29, 0.717) is 16.0 Å². The zero-order valence-electron chi connectivity index (χ0n) is 16.1. The summed E-state index contributed by atoms with van der Waals surface area (Å²) in [6.45, 7) is 18.3. The van der Waals surface area contributed by atoms with Crippen molar-refractivity contribution in [2.75, 3.05) is 26.3 Å². The number of hydrogen-bond acceptors (Lipinski definition) is 2. The molecule has 24 heavy (non-hydrogen) atoms.